The molecule has 0 radical (unpaired) electrons. The van der Waals surface area contributed by atoms with Crippen LogP contribution in [0.3, 0.4) is 0 Å². The molecule has 1 aromatic carbocycles. The van der Waals surface area contributed by atoms with Gasteiger partial charge in [0.2, 0.25) is 0 Å². The highest BCUT2D eigenvalue weighted by Gasteiger charge is 2.15. The lowest BCUT2D eigenvalue weighted by molar-refractivity contribution is 0.312. The van der Waals surface area contributed by atoms with Crippen LogP contribution in [0.25, 0.3) is 0 Å². The molecule has 8 heteroatoms. The Morgan fingerprint density at radius 3 is 2.61 bits per heavy atom. The third-order valence-electron chi connectivity index (χ3n) is 4.86. The number of nitrogens with one attached hydrogen (secondary N) is 1. The van der Waals surface area contributed by atoms with Crippen molar-refractivity contribution in [1.29, 1.82) is 0 Å². The molecule has 1 aromatic heterocycles. The molecule has 6 nitrogen and oxygen atoms in total. The number of hydrogen-bond acceptors (Lipinski definition) is 4. The number of hydrogen-bond donors (Lipinski definition) is 2. The topological polar surface area (TPSA) is 69.8 Å². The number of rotatable bonds is 5. The number of anilines is 1. The lowest BCUT2D eigenvalue weighted by Crippen LogP contribution is -2.44. The minimum Gasteiger partial charge on any atom is -0.370 e. The van der Waals surface area contributed by atoms with Crippen molar-refractivity contribution in [2.45, 2.75) is 19.5 Å². The zero-order chi connectivity index (χ0) is 20.1. The zero-order valence-electron chi connectivity index (χ0n) is 16.2. The molecule has 0 aliphatic carbocycles. The van der Waals surface area contributed by atoms with Crippen LogP contribution in [0.15, 0.2) is 41.5 Å². The summed E-state index contributed by atoms with van der Waals surface area (Å²) >= 11 is 12.2. The first-order valence-electron chi connectivity index (χ1n) is 9.32. The van der Waals surface area contributed by atoms with Gasteiger partial charge in [-0.1, -0.05) is 35.3 Å². The Bertz CT molecular complexity index is 816. The quantitative estimate of drug-likeness (QED) is 0.573. The van der Waals surface area contributed by atoms with Crippen LogP contribution in [0.2, 0.25) is 10.0 Å². The molecule has 0 amide bonds. The average Bonchev–Trinajstić information content (AvgIpc) is 2.67. The molecule has 1 aliphatic heterocycles. The maximum absolute atomic E-state index is 6.25. The fourth-order valence-corrected chi connectivity index (χ4v) is 3.68. The van der Waals surface area contributed by atoms with Gasteiger partial charge in [0.1, 0.15) is 5.82 Å². The highest BCUT2D eigenvalue weighted by atomic mass is 35.5. The molecule has 1 aliphatic rings. The van der Waals surface area contributed by atoms with Crippen LogP contribution in [-0.2, 0) is 6.54 Å². The molecule has 3 N–H and O–H groups in total. The number of piperazine rings is 1. The molecule has 1 unspecified atom stereocenters. The van der Waals surface area contributed by atoms with Gasteiger partial charge in [-0.05, 0) is 43.3 Å². The van der Waals surface area contributed by atoms with E-state index in [0.29, 0.717) is 22.5 Å². The van der Waals surface area contributed by atoms with Gasteiger partial charge in [-0.3, -0.25) is 0 Å². The van der Waals surface area contributed by atoms with E-state index in [4.69, 9.17) is 28.9 Å². The van der Waals surface area contributed by atoms with Gasteiger partial charge < -0.3 is 20.9 Å². The van der Waals surface area contributed by atoms with Crippen molar-refractivity contribution >= 4 is 35.0 Å². The lowest BCUT2D eigenvalue weighted by atomic mass is 10.1. The van der Waals surface area contributed by atoms with E-state index in [1.165, 1.54) is 0 Å². The number of likely N-dealkylation sites (N-methyl/N-ethyl adjacent to an activating group) is 1. The van der Waals surface area contributed by atoms with Crippen molar-refractivity contribution in [3.05, 3.63) is 57.7 Å². The molecular formula is C20H26Cl2N6. The molecule has 0 bridgehead atoms. The fraction of sp³-hybridized carbons (Fsp3) is 0.400. The Morgan fingerprint density at radius 1 is 1.21 bits per heavy atom. The monoisotopic (exact) mass is 420 g/mol. The third kappa shape index (κ3) is 5.50. The Kier molecular flexibility index (Phi) is 6.99. The van der Waals surface area contributed by atoms with Gasteiger partial charge >= 0.3 is 0 Å². The van der Waals surface area contributed by atoms with Gasteiger partial charge in [-0.25, -0.2) is 9.98 Å². The summed E-state index contributed by atoms with van der Waals surface area (Å²) in [4.78, 5) is 13.6. The maximum atomic E-state index is 6.25. The lowest BCUT2D eigenvalue weighted by Gasteiger charge is -2.33. The van der Waals surface area contributed by atoms with Crippen molar-refractivity contribution in [3.63, 3.8) is 0 Å². The third-order valence-corrected chi connectivity index (χ3v) is 5.42. The van der Waals surface area contributed by atoms with Gasteiger partial charge in [0, 0.05) is 42.4 Å². The minimum atomic E-state index is -0.0775. The summed E-state index contributed by atoms with van der Waals surface area (Å²) in [6.45, 7) is 6.57. The van der Waals surface area contributed by atoms with E-state index in [-0.39, 0.29) is 6.04 Å². The van der Waals surface area contributed by atoms with Crippen LogP contribution in [-0.4, -0.2) is 49.1 Å². The number of benzene rings is 1. The first-order valence-corrected chi connectivity index (χ1v) is 10.1. The van der Waals surface area contributed by atoms with Gasteiger partial charge in [0.05, 0.1) is 12.6 Å². The van der Waals surface area contributed by atoms with Gasteiger partial charge in [0.25, 0.3) is 0 Å². The molecule has 150 valence electrons. The standard InChI is InChI=1S/C20H26Cl2N6/c1-14(17-5-4-16(21)11-18(17)22)26-20(23)25-13-15-3-6-19(24-12-15)28-9-7-27(2)8-10-28/h3-6,11-12,14H,7-10,13H2,1-2H3,(H3,23,25,26). The van der Waals surface area contributed by atoms with E-state index in [0.717, 1.165) is 43.1 Å². The number of pyridine rings is 1. The number of nitrogens with zero attached hydrogens (tertiary/aromatic N) is 4. The van der Waals surface area contributed by atoms with Crippen molar-refractivity contribution in [2.24, 2.45) is 10.7 Å². The predicted molar refractivity (Wildman–Crippen MR) is 117 cm³/mol. The smallest absolute Gasteiger partial charge is 0.189 e. The number of nitrogens with two attached hydrogens (primary N) is 1. The van der Waals surface area contributed by atoms with Crippen LogP contribution in [0.4, 0.5) is 5.82 Å². The number of aromatic nitrogens is 1. The summed E-state index contributed by atoms with van der Waals surface area (Å²) in [7, 11) is 2.14. The number of guanidine groups is 1. The summed E-state index contributed by atoms with van der Waals surface area (Å²) in [5.74, 6) is 1.37. The molecule has 1 atom stereocenters. The molecule has 1 fully saturated rings. The second kappa shape index (κ2) is 9.45. The molecule has 2 heterocycles. The molecule has 1 saturated heterocycles. The second-order valence-corrected chi connectivity index (χ2v) is 7.89. The molecule has 0 spiro atoms. The van der Waals surface area contributed by atoms with Gasteiger partial charge in [0.15, 0.2) is 5.96 Å². The SMILES string of the molecule is CC(NC(N)=NCc1ccc(N2CCN(C)CC2)nc1)c1ccc(Cl)cc1Cl. The molecule has 28 heavy (non-hydrogen) atoms. The van der Waals surface area contributed by atoms with Crippen molar-refractivity contribution in [3.8, 4) is 0 Å². The zero-order valence-corrected chi connectivity index (χ0v) is 17.7. The summed E-state index contributed by atoms with van der Waals surface area (Å²) in [6.07, 6.45) is 1.87. The summed E-state index contributed by atoms with van der Waals surface area (Å²) in [5.41, 5.74) is 7.97. The van der Waals surface area contributed by atoms with Crippen LogP contribution >= 0.6 is 23.2 Å². The first-order chi connectivity index (χ1) is 13.4. The minimum absolute atomic E-state index is 0.0775. The van der Waals surface area contributed by atoms with Crippen molar-refractivity contribution < 1.29 is 0 Å². The first kappa shape index (κ1) is 20.7. The fourth-order valence-electron chi connectivity index (χ4n) is 3.11. The predicted octanol–water partition coefficient (Wildman–Crippen LogP) is 3.31. The highest BCUT2D eigenvalue weighted by Crippen LogP contribution is 2.26. The van der Waals surface area contributed by atoms with E-state index >= 15 is 0 Å². The van der Waals surface area contributed by atoms with Crippen LogP contribution < -0.4 is 16.0 Å². The summed E-state index contributed by atoms with van der Waals surface area (Å²) < 4.78 is 0. The average molecular weight is 421 g/mol. The molecular weight excluding hydrogens is 395 g/mol. The van der Waals surface area contributed by atoms with Crippen LogP contribution in [0.1, 0.15) is 24.1 Å². The van der Waals surface area contributed by atoms with E-state index in [2.05, 4.69) is 44.3 Å². The molecule has 2 aromatic rings. The second-order valence-electron chi connectivity index (χ2n) is 7.05. The van der Waals surface area contributed by atoms with E-state index in [9.17, 15) is 0 Å². The largest absolute Gasteiger partial charge is 0.370 e. The Labute approximate surface area is 176 Å². The van der Waals surface area contributed by atoms with E-state index in [1.807, 2.05) is 25.3 Å². The summed E-state index contributed by atoms with van der Waals surface area (Å²) in [6, 6.07) is 9.44. The maximum Gasteiger partial charge on any atom is 0.189 e. The van der Waals surface area contributed by atoms with Crippen molar-refractivity contribution in [2.75, 3.05) is 38.1 Å². The Hall–Kier alpha value is -2.02. The number of halogens is 2. The van der Waals surface area contributed by atoms with E-state index < -0.39 is 0 Å². The van der Waals surface area contributed by atoms with Crippen LogP contribution in [0, 0.1) is 0 Å². The Morgan fingerprint density at radius 2 is 1.96 bits per heavy atom. The van der Waals surface area contributed by atoms with Crippen molar-refractivity contribution in [1.82, 2.24) is 15.2 Å². The number of aliphatic imine (C=N–C) groups is 1. The molecule has 3 rings (SSSR count). The highest BCUT2D eigenvalue weighted by molar-refractivity contribution is 6.35. The van der Waals surface area contributed by atoms with Gasteiger partial charge in [-0.15, -0.1) is 0 Å². The van der Waals surface area contributed by atoms with E-state index in [1.54, 1.807) is 6.07 Å². The van der Waals surface area contributed by atoms with Gasteiger partial charge in [-0.2, -0.15) is 0 Å². The van der Waals surface area contributed by atoms with Crippen LogP contribution in [0.5, 0.6) is 0 Å². The Balaban J connectivity index is 1.55. The molecule has 0 saturated carbocycles. The normalized spacial score (nSPS) is 16.9. The summed E-state index contributed by atoms with van der Waals surface area (Å²) in [5, 5.41) is 4.37.